The van der Waals surface area contributed by atoms with Crippen molar-refractivity contribution >= 4 is 17.7 Å². The van der Waals surface area contributed by atoms with E-state index in [9.17, 15) is 4.79 Å². The highest BCUT2D eigenvalue weighted by molar-refractivity contribution is 7.98. The van der Waals surface area contributed by atoms with E-state index in [4.69, 9.17) is 4.74 Å². The molecule has 1 aromatic carbocycles. The van der Waals surface area contributed by atoms with Crippen LogP contribution in [-0.2, 0) is 11.3 Å². The fourth-order valence-corrected chi connectivity index (χ4v) is 3.69. The highest BCUT2D eigenvalue weighted by Gasteiger charge is 2.37. The van der Waals surface area contributed by atoms with Crippen molar-refractivity contribution in [2.24, 2.45) is 0 Å². The number of carbonyl (C=O) groups is 1. The van der Waals surface area contributed by atoms with Crippen LogP contribution in [-0.4, -0.2) is 51.3 Å². The second-order valence-corrected chi connectivity index (χ2v) is 6.73. The molecule has 0 N–H and O–H groups in total. The highest BCUT2D eigenvalue weighted by Crippen LogP contribution is 2.30. The number of carbonyl (C=O) groups excluding carboxylic acids is 1. The number of rotatable bonds is 2. The summed E-state index contributed by atoms with van der Waals surface area (Å²) in [6, 6.07) is 7.84. The molecule has 2 aromatic rings. The molecule has 3 heterocycles. The summed E-state index contributed by atoms with van der Waals surface area (Å²) in [6.45, 7) is 1.89. The number of piperidine rings is 1. The summed E-state index contributed by atoms with van der Waals surface area (Å²) in [7, 11) is 0. The topological polar surface area (TPSA) is 60.3 Å². The summed E-state index contributed by atoms with van der Waals surface area (Å²) >= 11 is 1.67. The molecule has 0 saturated carbocycles. The summed E-state index contributed by atoms with van der Waals surface area (Å²) in [5.74, 6) is 0.0725. The van der Waals surface area contributed by atoms with Gasteiger partial charge >= 0.3 is 0 Å². The minimum atomic E-state index is 0.0596. The molecular weight excluding hydrogens is 312 g/mol. The van der Waals surface area contributed by atoms with Gasteiger partial charge in [0.25, 0.3) is 5.91 Å². The van der Waals surface area contributed by atoms with E-state index in [2.05, 4.69) is 10.3 Å². The molecule has 0 radical (unpaired) electrons. The lowest BCUT2D eigenvalue weighted by Crippen LogP contribution is -2.49. The first kappa shape index (κ1) is 14.7. The molecular formula is C16H18N4O2S. The second-order valence-electron chi connectivity index (χ2n) is 5.86. The fraction of sp³-hybridized carbons (Fsp3) is 0.438. The predicted octanol–water partition coefficient (Wildman–Crippen LogP) is 1.99. The summed E-state index contributed by atoms with van der Waals surface area (Å²) in [5.41, 5.74) is 1.71. The third-order valence-corrected chi connectivity index (χ3v) is 5.30. The van der Waals surface area contributed by atoms with Gasteiger partial charge in [-0.15, -0.1) is 16.9 Å². The maximum absolute atomic E-state index is 12.8. The molecule has 2 atom stereocenters. The Hall–Kier alpha value is -1.86. The molecule has 2 aliphatic heterocycles. The number of hydrogen-bond donors (Lipinski definition) is 0. The van der Waals surface area contributed by atoms with Crippen molar-refractivity contribution in [2.75, 3.05) is 19.3 Å². The Morgan fingerprint density at radius 1 is 1.35 bits per heavy atom. The lowest BCUT2D eigenvalue weighted by molar-refractivity contribution is -0.0605. The van der Waals surface area contributed by atoms with Crippen LogP contribution < -0.4 is 0 Å². The van der Waals surface area contributed by atoms with Crippen LogP contribution in [0.25, 0.3) is 0 Å². The van der Waals surface area contributed by atoms with Gasteiger partial charge in [0.05, 0.1) is 30.6 Å². The van der Waals surface area contributed by atoms with Crippen LogP contribution in [0, 0.1) is 0 Å². The van der Waals surface area contributed by atoms with Gasteiger partial charge in [0.1, 0.15) is 0 Å². The molecule has 0 bridgehead atoms. The number of likely N-dealkylation sites (tertiary alicyclic amines) is 1. The molecule has 2 aliphatic rings. The molecule has 6 nitrogen and oxygen atoms in total. The Morgan fingerprint density at radius 2 is 2.17 bits per heavy atom. The third-order valence-electron chi connectivity index (χ3n) is 4.55. The van der Waals surface area contributed by atoms with E-state index >= 15 is 0 Å². The zero-order valence-corrected chi connectivity index (χ0v) is 13.7. The largest absolute Gasteiger partial charge is 0.370 e. The number of amides is 1. The first-order valence-electron chi connectivity index (χ1n) is 7.70. The Bertz CT molecular complexity index is 715. The van der Waals surface area contributed by atoms with Crippen molar-refractivity contribution in [1.29, 1.82) is 0 Å². The standard InChI is InChI=1S/C16H18N4O2S/c1-23-13-4-2-11(3-5-13)16(21)19-7-6-15-14(9-19)20-12(10-22-15)8-17-18-20/h2-5,8,14-15H,6-7,9-10H2,1H3/t14-,15-/m0/s1. The molecule has 23 heavy (non-hydrogen) atoms. The first-order valence-corrected chi connectivity index (χ1v) is 8.93. The molecule has 1 fully saturated rings. The lowest BCUT2D eigenvalue weighted by Gasteiger charge is -2.41. The number of fused-ring (bicyclic) bond motifs is 3. The van der Waals surface area contributed by atoms with E-state index in [0.717, 1.165) is 22.6 Å². The van der Waals surface area contributed by atoms with E-state index in [1.807, 2.05) is 40.1 Å². The molecule has 0 spiro atoms. The van der Waals surface area contributed by atoms with Crippen LogP contribution in [0.2, 0.25) is 0 Å². The van der Waals surface area contributed by atoms with Gasteiger partial charge in [0.15, 0.2) is 0 Å². The van der Waals surface area contributed by atoms with E-state index in [0.29, 0.717) is 19.7 Å². The number of hydrogen-bond acceptors (Lipinski definition) is 5. The number of nitrogens with zero attached hydrogens (tertiary/aromatic N) is 4. The number of aromatic nitrogens is 3. The zero-order chi connectivity index (χ0) is 15.8. The molecule has 4 rings (SSSR count). The summed E-state index contributed by atoms with van der Waals surface area (Å²) < 4.78 is 7.81. The summed E-state index contributed by atoms with van der Waals surface area (Å²) in [6.07, 6.45) is 4.71. The number of benzene rings is 1. The summed E-state index contributed by atoms with van der Waals surface area (Å²) in [5, 5.41) is 8.15. The number of thioether (sulfide) groups is 1. The predicted molar refractivity (Wildman–Crippen MR) is 86.4 cm³/mol. The van der Waals surface area contributed by atoms with Gasteiger partial charge in [-0.25, -0.2) is 4.68 Å². The Labute approximate surface area is 138 Å². The third kappa shape index (κ3) is 2.64. The maximum Gasteiger partial charge on any atom is 0.253 e. The van der Waals surface area contributed by atoms with Gasteiger partial charge in [0, 0.05) is 23.5 Å². The van der Waals surface area contributed by atoms with Crippen LogP contribution in [0.3, 0.4) is 0 Å². The van der Waals surface area contributed by atoms with Crippen molar-refractivity contribution in [3.8, 4) is 0 Å². The van der Waals surface area contributed by atoms with Gasteiger partial charge < -0.3 is 9.64 Å². The van der Waals surface area contributed by atoms with Crippen LogP contribution in [0.4, 0.5) is 0 Å². The van der Waals surface area contributed by atoms with Gasteiger partial charge in [-0.2, -0.15) is 0 Å². The van der Waals surface area contributed by atoms with Crippen LogP contribution in [0.1, 0.15) is 28.5 Å². The minimum absolute atomic E-state index is 0.0596. The molecule has 1 amide bonds. The van der Waals surface area contributed by atoms with Crippen molar-refractivity contribution in [3.63, 3.8) is 0 Å². The highest BCUT2D eigenvalue weighted by atomic mass is 32.2. The first-order chi connectivity index (χ1) is 11.3. The van der Waals surface area contributed by atoms with Crippen molar-refractivity contribution in [2.45, 2.75) is 30.1 Å². The van der Waals surface area contributed by atoms with Crippen LogP contribution in [0.5, 0.6) is 0 Å². The van der Waals surface area contributed by atoms with E-state index in [-0.39, 0.29) is 18.1 Å². The quantitative estimate of drug-likeness (QED) is 0.788. The summed E-state index contributed by atoms with van der Waals surface area (Å²) in [4.78, 5) is 15.8. The number of ether oxygens (including phenoxy) is 1. The zero-order valence-electron chi connectivity index (χ0n) is 12.9. The van der Waals surface area contributed by atoms with E-state index in [1.54, 1.807) is 18.0 Å². The SMILES string of the molecule is CSc1ccc(C(=O)N2CC[C@@H]3OCc4cnnn4[C@H]3C2)cc1. The lowest BCUT2D eigenvalue weighted by atomic mass is 9.99. The van der Waals surface area contributed by atoms with Gasteiger partial charge in [0.2, 0.25) is 0 Å². The van der Waals surface area contributed by atoms with Gasteiger partial charge in [-0.1, -0.05) is 5.21 Å². The normalized spacial score (nSPS) is 23.3. The molecule has 0 aliphatic carbocycles. The van der Waals surface area contributed by atoms with E-state index < -0.39 is 0 Å². The fourth-order valence-electron chi connectivity index (χ4n) is 3.28. The Kier molecular flexibility index (Phi) is 3.82. The molecule has 0 unspecified atom stereocenters. The Balaban J connectivity index is 1.54. The maximum atomic E-state index is 12.8. The van der Waals surface area contributed by atoms with E-state index in [1.165, 1.54) is 0 Å². The molecule has 7 heteroatoms. The van der Waals surface area contributed by atoms with Gasteiger partial charge in [-0.05, 0) is 36.9 Å². The van der Waals surface area contributed by atoms with Gasteiger partial charge in [-0.3, -0.25) is 4.79 Å². The average Bonchev–Trinajstić information content (AvgIpc) is 3.10. The molecule has 120 valence electrons. The molecule has 1 saturated heterocycles. The minimum Gasteiger partial charge on any atom is -0.370 e. The average molecular weight is 330 g/mol. The Morgan fingerprint density at radius 3 is 2.96 bits per heavy atom. The van der Waals surface area contributed by atoms with Crippen LogP contribution >= 0.6 is 11.8 Å². The smallest absolute Gasteiger partial charge is 0.253 e. The van der Waals surface area contributed by atoms with Crippen molar-refractivity contribution in [1.82, 2.24) is 19.9 Å². The van der Waals surface area contributed by atoms with Crippen molar-refractivity contribution < 1.29 is 9.53 Å². The second kappa shape index (κ2) is 5.98. The molecule has 1 aromatic heterocycles. The van der Waals surface area contributed by atoms with Crippen molar-refractivity contribution in [3.05, 3.63) is 41.7 Å². The monoisotopic (exact) mass is 330 g/mol. The van der Waals surface area contributed by atoms with Crippen LogP contribution in [0.15, 0.2) is 35.4 Å².